The van der Waals surface area contributed by atoms with Crippen molar-refractivity contribution < 1.29 is 13.2 Å². The second kappa shape index (κ2) is 7.67. The third-order valence-electron chi connectivity index (χ3n) is 4.85. The zero-order valence-corrected chi connectivity index (χ0v) is 18.1. The van der Waals surface area contributed by atoms with Gasteiger partial charge in [-0.3, -0.25) is 9.52 Å². The first kappa shape index (κ1) is 19.9. The normalized spacial score (nSPS) is 15.0. The number of benzene rings is 1. The minimum absolute atomic E-state index is 0.0381. The van der Waals surface area contributed by atoms with Crippen LogP contribution in [-0.2, 0) is 10.0 Å². The van der Waals surface area contributed by atoms with E-state index in [4.69, 9.17) is 0 Å². The number of hydrogen-bond acceptors (Lipinski definition) is 3. The number of carbonyl (C=O) groups is 1. The van der Waals surface area contributed by atoms with Crippen molar-refractivity contribution in [3.05, 3.63) is 45.2 Å². The van der Waals surface area contributed by atoms with Gasteiger partial charge in [-0.1, -0.05) is 15.9 Å². The smallest absolute Gasteiger partial charge is 0.264 e. The number of halogens is 1. The van der Waals surface area contributed by atoms with Crippen LogP contribution in [0.25, 0.3) is 0 Å². The Labute approximate surface area is 168 Å². The molecule has 6 nitrogen and oxygen atoms in total. The van der Waals surface area contributed by atoms with E-state index in [0.717, 1.165) is 29.3 Å². The highest BCUT2D eigenvalue weighted by molar-refractivity contribution is 9.10. The average molecular weight is 454 g/mol. The summed E-state index contributed by atoms with van der Waals surface area (Å²) in [4.78, 5) is 17.9. The average Bonchev–Trinajstić information content (AvgIpc) is 2.93. The number of aromatic nitrogens is 1. The molecule has 1 aromatic heterocycles. The molecule has 1 amide bonds. The molecule has 2 aromatic rings. The summed E-state index contributed by atoms with van der Waals surface area (Å²) in [5, 5.41) is 0. The van der Waals surface area contributed by atoms with Crippen LogP contribution in [0.3, 0.4) is 0 Å². The summed E-state index contributed by atoms with van der Waals surface area (Å²) in [6, 6.07) is 5.24. The molecule has 0 unspecified atom stereocenters. The van der Waals surface area contributed by atoms with E-state index in [1.165, 1.54) is 0 Å². The highest BCUT2D eigenvalue weighted by Gasteiger charge is 2.32. The molecule has 0 radical (unpaired) electrons. The fourth-order valence-electron chi connectivity index (χ4n) is 3.52. The van der Waals surface area contributed by atoms with Gasteiger partial charge in [0.2, 0.25) is 0 Å². The molecule has 146 valence electrons. The molecule has 1 saturated heterocycles. The number of likely N-dealkylation sites (tertiary alicyclic amines) is 1. The van der Waals surface area contributed by atoms with Gasteiger partial charge in [-0.25, -0.2) is 8.42 Å². The van der Waals surface area contributed by atoms with Crippen LogP contribution in [0.4, 0.5) is 5.69 Å². The monoisotopic (exact) mass is 453 g/mol. The topological polar surface area (TPSA) is 82.3 Å². The molecule has 8 heteroatoms. The van der Waals surface area contributed by atoms with Gasteiger partial charge in [0.15, 0.2) is 0 Å². The van der Waals surface area contributed by atoms with Crippen LogP contribution in [0.2, 0.25) is 0 Å². The van der Waals surface area contributed by atoms with E-state index in [1.807, 2.05) is 6.92 Å². The Balaban J connectivity index is 1.99. The number of sulfonamides is 1. The van der Waals surface area contributed by atoms with E-state index >= 15 is 0 Å². The van der Waals surface area contributed by atoms with Gasteiger partial charge >= 0.3 is 0 Å². The van der Waals surface area contributed by atoms with Gasteiger partial charge in [0.1, 0.15) is 4.90 Å². The largest absolute Gasteiger partial charge is 0.361 e. The Bertz CT molecular complexity index is 976. The van der Waals surface area contributed by atoms with Crippen molar-refractivity contribution in [3.63, 3.8) is 0 Å². The minimum atomic E-state index is -3.91. The standard InChI is InChI=1S/C19H24BrN3O3S/c1-12-11-15(7-8-16(12)20)22-27(25,26)18-14(3)21-13(2)17(18)19(24)23-9-5-4-6-10-23/h7-8,11,21-22H,4-6,9-10H2,1-3H3. The first-order chi connectivity index (χ1) is 12.7. The van der Waals surface area contributed by atoms with E-state index in [0.29, 0.717) is 30.2 Å². The van der Waals surface area contributed by atoms with Crippen LogP contribution < -0.4 is 4.72 Å². The summed E-state index contributed by atoms with van der Waals surface area (Å²) in [6.45, 7) is 6.65. The lowest BCUT2D eigenvalue weighted by atomic mass is 10.1. The summed E-state index contributed by atoms with van der Waals surface area (Å²) in [7, 11) is -3.91. The molecule has 2 N–H and O–H groups in total. The minimum Gasteiger partial charge on any atom is -0.361 e. The van der Waals surface area contributed by atoms with Crippen molar-refractivity contribution in [2.45, 2.75) is 44.9 Å². The molecule has 1 aliphatic rings. The fourth-order valence-corrected chi connectivity index (χ4v) is 5.27. The van der Waals surface area contributed by atoms with Crippen LogP contribution in [0.5, 0.6) is 0 Å². The zero-order valence-electron chi connectivity index (χ0n) is 15.7. The second-order valence-electron chi connectivity index (χ2n) is 7.00. The third-order valence-corrected chi connectivity index (χ3v) is 7.30. The maximum Gasteiger partial charge on any atom is 0.264 e. The van der Waals surface area contributed by atoms with Crippen LogP contribution >= 0.6 is 15.9 Å². The van der Waals surface area contributed by atoms with Gasteiger partial charge in [-0.05, 0) is 63.8 Å². The number of aromatic amines is 1. The molecule has 0 bridgehead atoms. The van der Waals surface area contributed by atoms with Crippen molar-refractivity contribution >= 4 is 37.5 Å². The number of piperidine rings is 1. The summed E-state index contributed by atoms with van der Waals surface area (Å²) in [5.74, 6) is -0.219. The first-order valence-electron chi connectivity index (χ1n) is 8.98. The molecule has 1 fully saturated rings. The number of nitrogens with one attached hydrogen (secondary N) is 2. The van der Waals surface area contributed by atoms with Crippen LogP contribution in [0, 0.1) is 20.8 Å². The highest BCUT2D eigenvalue weighted by Crippen LogP contribution is 2.29. The fraction of sp³-hybridized carbons (Fsp3) is 0.421. The Morgan fingerprint density at radius 2 is 1.78 bits per heavy atom. The van der Waals surface area contributed by atoms with E-state index in [-0.39, 0.29) is 16.4 Å². The molecular weight excluding hydrogens is 430 g/mol. The summed E-state index contributed by atoms with van der Waals surface area (Å²) in [6.07, 6.45) is 3.00. The highest BCUT2D eigenvalue weighted by atomic mass is 79.9. The van der Waals surface area contributed by atoms with E-state index in [1.54, 1.807) is 36.9 Å². The molecule has 1 aliphatic heterocycles. The second-order valence-corrected chi connectivity index (χ2v) is 9.48. The van der Waals surface area contributed by atoms with Crippen LogP contribution in [-0.4, -0.2) is 37.3 Å². The maximum absolute atomic E-state index is 13.1. The molecule has 2 heterocycles. The SMILES string of the molecule is Cc1cc(NS(=O)(=O)c2c(C)[nH]c(C)c2C(=O)N2CCCCC2)ccc1Br. The number of carbonyl (C=O) groups excluding carboxylic acids is 1. The lowest BCUT2D eigenvalue weighted by Crippen LogP contribution is -2.36. The Kier molecular flexibility index (Phi) is 5.67. The molecule has 0 saturated carbocycles. The predicted octanol–water partition coefficient (Wildman–Crippen LogP) is 4.13. The van der Waals surface area contributed by atoms with Crippen molar-refractivity contribution in [1.29, 1.82) is 0 Å². The maximum atomic E-state index is 13.1. The van der Waals surface area contributed by atoms with E-state index in [9.17, 15) is 13.2 Å². The summed E-state index contributed by atoms with van der Waals surface area (Å²) < 4.78 is 29.8. The Morgan fingerprint density at radius 3 is 2.41 bits per heavy atom. The zero-order chi connectivity index (χ0) is 19.8. The van der Waals surface area contributed by atoms with Crippen molar-refractivity contribution in [3.8, 4) is 0 Å². The Hall–Kier alpha value is -1.80. The number of anilines is 1. The van der Waals surface area contributed by atoms with Gasteiger partial charge in [0.25, 0.3) is 15.9 Å². The summed E-state index contributed by atoms with van der Waals surface area (Å²) in [5.41, 5.74) is 2.67. The number of rotatable bonds is 4. The van der Waals surface area contributed by atoms with Crippen molar-refractivity contribution in [1.82, 2.24) is 9.88 Å². The van der Waals surface area contributed by atoms with Gasteiger partial charge < -0.3 is 9.88 Å². The Morgan fingerprint density at radius 1 is 1.11 bits per heavy atom. The number of amides is 1. The molecule has 0 aliphatic carbocycles. The predicted molar refractivity (Wildman–Crippen MR) is 110 cm³/mol. The van der Waals surface area contributed by atoms with Crippen LogP contribution in [0.15, 0.2) is 27.6 Å². The molecule has 0 atom stereocenters. The van der Waals surface area contributed by atoms with E-state index < -0.39 is 10.0 Å². The molecule has 3 rings (SSSR count). The lowest BCUT2D eigenvalue weighted by molar-refractivity contribution is 0.0720. The number of hydrogen-bond donors (Lipinski definition) is 2. The number of aryl methyl sites for hydroxylation is 3. The van der Waals surface area contributed by atoms with Gasteiger partial charge in [-0.15, -0.1) is 0 Å². The first-order valence-corrected chi connectivity index (χ1v) is 11.3. The molecular formula is C19H24BrN3O3S. The molecule has 1 aromatic carbocycles. The van der Waals surface area contributed by atoms with Crippen LogP contribution in [0.1, 0.15) is 46.6 Å². The van der Waals surface area contributed by atoms with Crippen molar-refractivity contribution in [2.24, 2.45) is 0 Å². The quantitative estimate of drug-likeness (QED) is 0.729. The lowest BCUT2D eigenvalue weighted by Gasteiger charge is -2.27. The third kappa shape index (κ3) is 4.06. The molecule has 27 heavy (non-hydrogen) atoms. The van der Waals surface area contributed by atoms with Gasteiger partial charge in [0.05, 0.1) is 5.56 Å². The number of H-pyrrole nitrogens is 1. The van der Waals surface area contributed by atoms with Gasteiger partial charge in [-0.2, -0.15) is 0 Å². The summed E-state index contributed by atoms with van der Waals surface area (Å²) >= 11 is 3.41. The van der Waals surface area contributed by atoms with E-state index in [2.05, 4.69) is 25.6 Å². The van der Waals surface area contributed by atoms with Crippen molar-refractivity contribution in [2.75, 3.05) is 17.8 Å². The van der Waals surface area contributed by atoms with Gasteiger partial charge in [0, 0.05) is 34.6 Å². The number of nitrogens with zero attached hydrogens (tertiary/aromatic N) is 1. The molecule has 0 spiro atoms.